The lowest BCUT2D eigenvalue weighted by Crippen LogP contribution is -2.37. The second kappa shape index (κ2) is 7.80. The van der Waals surface area contributed by atoms with Crippen molar-refractivity contribution in [3.63, 3.8) is 0 Å². The standard InChI is InChI=1S/C21H22N2O5/c1-2-26-17-6-3-14(4-7-17)21(25)22-15-11-20(24)23(13-15)16-5-8-18-19(12-16)28-10-9-27-18/h3-8,12,15H,2,9-11,13H2,1H3,(H,22,25)/t15-/m1/s1. The smallest absolute Gasteiger partial charge is 0.251 e. The van der Waals surface area contributed by atoms with Crippen molar-refractivity contribution in [2.24, 2.45) is 0 Å². The van der Waals surface area contributed by atoms with Crippen LogP contribution in [0.3, 0.4) is 0 Å². The number of ether oxygens (including phenoxy) is 3. The third-order valence-corrected chi connectivity index (χ3v) is 4.73. The number of fused-ring (bicyclic) bond motifs is 1. The van der Waals surface area contributed by atoms with Crippen molar-refractivity contribution in [3.05, 3.63) is 48.0 Å². The fourth-order valence-corrected chi connectivity index (χ4v) is 3.39. The molecule has 4 rings (SSSR count). The quantitative estimate of drug-likeness (QED) is 0.859. The van der Waals surface area contributed by atoms with Crippen molar-refractivity contribution < 1.29 is 23.8 Å². The van der Waals surface area contributed by atoms with Crippen LogP contribution in [0, 0.1) is 0 Å². The summed E-state index contributed by atoms with van der Waals surface area (Å²) in [6.07, 6.45) is 0.261. The third kappa shape index (κ3) is 3.74. The van der Waals surface area contributed by atoms with Crippen LogP contribution in [0.2, 0.25) is 0 Å². The zero-order valence-electron chi connectivity index (χ0n) is 15.6. The number of amides is 2. The molecule has 2 aromatic carbocycles. The minimum absolute atomic E-state index is 0.0336. The van der Waals surface area contributed by atoms with Crippen molar-refractivity contribution in [1.29, 1.82) is 0 Å². The molecule has 0 bridgehead atoms. The maximum atomic E-state index is 12.5. The average Bonchev–Trinajstić information content (AvgIpc) is 3.08. The molecule has 1 fully saturated rings. The van der Waals surface area contributed by atoms with Crippen LogP contribution in [-0.4, -0.2) is 44.2 Å². The maximum absolute atomic E-state index is 12.5. The molecular formula is C21H22N2O5. The minimum Gasteiger partial charge on any atom is -0.494 e. The number of hydrogen-bond donors (Lipinski definition) is 1. The largest absolute Gasteiger partial charge is 0.494 e. The number of nitrogens with zero attached hydrogens (tertiary/aromatic N) is 1. The van der Waals surface area contributed by atoms with Crippen LogP contribution in [0.1, 0.15) is 23.7 Å². The van der Waals surface area contributed by atoms with E-state index in [1.54, 1.807) is 29.2 Å². The number of nitrogens with one attached hydrogen (secondary N) is 1. The van der Waals surface area contributed by atoms with Crippen LogP contribution in [0.5, 0.6) is 17.2 Å². The molecule has 1 saturated heterocycles. The third-order valence-electron chi connectivity index (χ3n) is 4.73. The van der Waals surface area contributed by atoms with Gasteiger partial charge in [0.1, 0.15) is 19.0 Å². The Morgan fingerprint density at radius 1 is 1.14 bits per heavy atom. The van der Waals surface area contributed by atoms with E-state index in [2.05, 4.69) is 5.32 Å². The van der Waals surface area contributed by atoms with E-state index < -0.39 is 0 Å². The Morgan fingerprint density at radius 3 is 2.64 bits per heavy atom. The summed E-state index contributed by atoms with van der Waals surface area (Å²) in [6, 6.07) is 12.2. The van der Waals surface area contributed by atoms with Gasteiger partial charge in [-0.3, -0.25) is 9.59 Å². The van der Waals surface area contributed by atoms with E-state index in [1.165, 1.54) is 0 Å². The minimum atomic E-state index is -0.250. The van der Waals surface area contributed by atoms with Gasteiger partial charge in [0.25, 0.3) is 5.91 Å². The topological polar surface area (TPSA) is 77.1 Å². The first-order valence-corrected chi connectivity index (χ1v) is 9.38. The van der Waals surface area contributed by atoms with Crippen molar-refractivity contribution in [3.8, 4) is 17.2 Å². The van der Waals surface area contributed by atoms with Gasteiger partial charge in [0.05, 0.1) is 12.6 Å². The van der Waals surface area contributed by atoms with Crippen molar-refractivity contribution in [2.75, 3.05) is 31.3 Å². The predicted molar refractivity (Wildman–Crippen MR) is 103 cm³/mol. The summed E-state index contributed by atoms with van der Waals surface area (Å²) in [5.41, 5.74) is 1.28. The van der Waals surface area contributed by atoms with Crippen LogP contribution in [-0.2, 0) is 4.79 Å². The first-order valence-electron chi connectivity index (χ1n) is 9.38. The van der Waals surface area contributed by atoms with E-state index in [4.69, 9.17) is 14.2 Å². The summed E-state index contributed by atoms with van der Waals surface area (Å²) in [4.78, 5) is 26.6. The van der Waals surface area contributed by atoms with E-state index in [9.17, 15) is 9.59 Å². The van der Waals surface area contributed by atoms with Gasteiger partial charge in [0.2, 0.25) is 5.91 Å². The number of hydrogen-bond acceptors (Lipinski definition) is 5. The Kier molecular flexibility index (Phi) is 5.06. The SMILES string of the molecule is CCOc1ccc(C(=O)N[C@@H]2CC(=O)N(c3ccc4c(c3)OCCO4)C2)cc1. The molecule has 0 unspecified atom stereocenters. The lowest BCUT2D eigenvalue weighted by molar-refractivity contribution is -0.117. The maximum Gasteiger partial charge on any atom is 0.251 e. The lowest BCUT2D eigenvalue weighted by atomic mass is 10.2. The first kappa shape index (κ1) is 18.2. The predicted octanol–water partition coefficient (Wildman–Crippen LogP) is 2.39. The number of rotatable bonds is 5. The van der Waals surface area contributed by atoms with Gasteiger partial charge in [-0.25, -0.2) is 0 Å². The van der Waals surface area contributed by atoms with Gasteiger partial charge in [0, 0.05) is 30.3 Å². The van der Waals surface area contributed by atoms with Gasteiger partial charge >= 0.3 is 0 Å². The summed E-state index contributed by atoms with van der Waals surface area (Å²) in [5, 5.41) is 2.94. The van der Waals surface area contributed by atoms with Gasteiger partial charge in [-0.05, 0) is 43.3 Å². The van der Waals surface area contributed by atoms with E-state index in [1.807, 2.05) is 25.1 Å². The Morgan fingerprint density at radius 2 is 1.89 bits per heavy atom. The van der Waals surface area contributed by atoms with Crippen LogP contribution in [0.15, 0.2) is 42.5 Å². The average molecular weight is 382 g/mol. The molecule has 2 amide bonds. The fraction of sp³-hybridized carbons (Fsp3) is 0.333. The highest BCUT2D eigenvalue weighted by atomic mass is 16.6. The molecule has 7 nitrogen and oxygen atoms in total. The highest BCUT2D eigenvalue weighted by Crippen LogP contribution is 2.35. The van der Waals surface area contributed by atoms with E-state index in [0.717, 1.165) is 11.4 Å². The normalized spacial score (nSPS) is 18.1. The Labute approximate surface area is 163 Å². The molecule has 2 aromatic rings. The van der Waals surface area contributed by atoms with Gasteiger partial charge in [-0.2, -0.15) is 0 Å². The molecule has 1 atom stereocenters. The molecule has 0 radical (unpaired) electrons. The van der Waals surface area contributed by atoms with Crippen LogP contribution in [0.25, 0.3) is 0 Å². The van der Waals surface area contributed by atoms with Crippen LogP contribution < -0.4 is 24.4 Å². The van der Waals surface area contributed by atoms with E-state index in [0.29, 0.717) is 43.4 Å². The van der Waals surface area contributed by atoms with Gasteiger partial charge in [0.15, 0.2) is 11.5 Å². The Balaban J connectivity index is 1.41. The molecule has 2 aliphatic heterocycles. The van der Waals surface area contributed by atoms with Crippen LogP contribution >= 0.6 is 0 Å². The highest BCUT2D eigenvalue weighted by molar-refractivity contribution is 5.99. The number of carbonyl (C=O) groups is 2. The zero-order valence-corrected chi connectivity index (χ0v) is 15.6. The van der Waals surface area contributed by atoms with Crippen molar-refractivity contribution in [1.82, 2.24) is 5.32 Å². The monoisotopic (exact) mass is 382 g/mol. The van der Waals surface area contributed by atoms with Gasteiger partial charge < -0.3 is 24.4 Å². The molecule has 28 heavy (non-hydrogen) atoms. The molecule has 0 spiro atoms. The summed E-state index contributed by atoms with van der Waals surface area (Å²) < 4.78 is 16.5. The molecule has 0 saturated carbocycles. The molecular weight excluding hydrogens is 360 g/mol. The first-order chi connectivity index (χ1) is 13.6. The van der Waals surface area contributed by atoms with Crippen LogP contribution in [0.4, 0.5) is 5.69 Å². The molecule has 7 heteroatoms. The molecule has 2 aliphatic rings. The second-order valence-electron chi connectivity index (χ2n) is 6.66. The second-order valence-corrected chi connectivity index (χ2v) is 6.66. The Hall–Kier alpha value is -3.22. The van der Waals surface area contributed by atoms with Gasteiger partial charge in [-0.1, -0.05) is 0 Å². The summed E-state index contributed by atoms with van der Waals surface area (Å²) in [7, 11) is 0. The zero-order chi connectivity index (χ0) is 19.5. The van der Waals surface area contributed by atoms with E-state index in [-0.39, 0.29) is 24.3 Å². The molecule has 0 aromatic heterocycles. The number of anilines is 1. The summed E-state index contributed by atoms with van der Waals surface area (Å²) in [5.74, 6) is 1.80. The molecule has 146 valence electrons. The number of benzene rings is 2. The van der Waals surface area contributed by atoms with Crippen molar-refractivity contribution in [2.45, 2.75) is 19.4 Å². The van der Waals surface area contributed by atoms with Gasteiger partial charge in [-0.15, -0.1) is 0 Å². The number of carbonyl (C=O) groups excluding carboxylic acids is 2. The fourth-order valence-electron chi connectivity index (χ4n) is 3.39. The molecule has 2 heterocycles. The summed E-state index contributed by atoms with van der Waals surface area (Å²) >= 11 is 0. The lowest BCUT2D eigenvalue weighted by Gasteiger charge is -2.22. The molecule has 0 aliphatic carbocycles. The molecule has 1 N–H and O–H groups in total. The Bertz CT molecular complexity index is 881. The van der Waals surface area contributed by atoms with Crippen molar-refractivity contribution >= 4 is 17.5 Å². The highest BCUT2D eigenvalue weighted by Gasteiger charge is 2.32. The van der Waals surface area contributed by atoms with E-state index >= 15 is 0 Å². The summed E-state index contributed by atoms with van der Waals surface area (Å²) in [6.45, 7) is 3.91.